The monoisotopic (exact) mass is 657 g/mol. The SMILES string of the molecule is Cn1cc(-c2cnn3c(N(COCC[Si](C)(C)C)COCC[Si](C)(C)C)cc(C4CCN(C(=O)OC(C)(C)C)CC4)nc23)cn1. The van der Waals surface area contributed by atoms with E-state index >= 15 is 0 Å². The number of carbonyl (C=O) groups is 1. The first-order valence-electron chi connectivity index (χ1n) is 16.3. The molecule has 1 aliphatic rings. The zero-order valence-electron chi connectivity index (χ0n) is 29.2. The minimum absolute atomic E-state index is 0.187. The van der Waals surface area contributed by atoms with Crippen LogP contribution < -0.4 is 4.90 Å². The summed E-state index contributed by atoms with van der Waals surface area (Å²) in [6.07, 6.45) is 7.06. The Morgan fingerprint density at radius 1 is 0.956 bits per heavy atom. The number of aryl methyl sites for hydroxylation is 1. The molecule has 0 aliphatic carbocycles. The van der Waals surface area contributed by atoms with E-state index < -0.39 is 21.7 Å². The number of rotatable bonds is 13. The lowest BCUT2D eigenvalue weighted by Gasteiger charge is -2.33. The quantitative estimate of drug-likeness (QED) is 0.114. The van der Waals surface area contributed by atoms with Gasteiger partial charge in [-0.25, -0.2) is 9.78 Å². The van der Waals surface area contributed by atoms with Gasteiger partial charge in [0, 0.05) is 84.5 Å². The van der Waals surface area contributed by atoms with Gasteiger partial charge in [-0.15, -0.1) is 0 Å². The van der Waals surface area contributed by atoms with Gasteiger partial charge in [0.25, 0.3) is 0 Å². The molecule has 4 heterocycles. The zero-order chi connectivity index (χ0) is 33.0. The molecule has 1 amide bonds. The number of nitrogens with zero attached hydrogens (tertiary/aromatic N) is 7. The average molecular weight is 658 g/mol. The summed E-state index contributed by atoms with van der Waals surface area (Å²) < 4.78 is 21.9. The molecule has 1 aliphatic heterocycles. The van der Waals surface area contributed by atoms with Crippen LogP contribution in [0, 0.1) is 0 Å². The lowest BCUT2D eigenvalue weighted by Crippen LogP contribution is -2.41. The molecular weight excluding hydrogens is 603 g/mol. The van der Waals surface area contributed by atoms with Crippen molar-refractivity contribution in [1.29, 1.82) is 0 Å². The highest BCUT2D eigenvalue weighted by Crippen LogP contribution is 2.33. The predicted octanol–water partition coefficient (Wildman–Crippen LogP) is 6.68. The van der Waals surface area contributed by atoms with Crippen LogP contribution in [0.3, 0.4) is 0 Å². The van der Waals surface area contributed by atoms with Crippen molar-refractivity contribution in [3.05, 3.63) is 30.4 Å². The van der Waals surface area contributed by atoms with E-state index in [1.807, 2.05) is 55.8 Å². The van der Waals surface area contributed by atoms with Crippen molar-refractivity contribution in [3.63, 3.8) is 0 Å². The molecule has 4 rings (SSSR count). The Labute approximate surface area is 271 Å². The molecule has 1 saturated heterocycles. The Hall–Kier alpha value is -2.75. The van der Waals surface area contributed by atoms with Crippen molar-refractivity contribution < 1.29 is 19.0 Å². The molecule has 0 bridgehead atoms. The highest BCUT2D eigenvalue weighted by molar-refractivity contribution is 6.76. The van der Waals surface area contributed by atoms with Gasteiger partial charge in [-0.2, -0.15) is 14.7 Å². The number of carbonyl (C=O) groups excluding carboxylic acids is 1. The second-order valence-corrected chi connectivity index (χ2v) is 27.0. The third-order valence-corrected chi connectivity index (χ3v) is 11.3. The Bertz CT molecular complexity index is 1390. The van der Waals surface area contributed by atoms with Crippen LogP contribution >= 0.6 is 0 Å². The summed E-state index contributed by atoms with van der Waals surface area (Å²) in [5.41, 5.74) is 3.14. The Morgan fingerprint density at radius 2 is 1.56 bits per heavy atom. The van der Waals surface area contributed by atoms with Crippen LogP contribution in [0.2, 0.25) is 51.4 Å². The lowest BCUT2D eigenvalue weighted by molar-refractivity contribution is 0.0204. The van der Waals surface area contributed by atoms with Crippen LogP contribution in [0.4, 0.5) is 10.6 Å². The van der Waals surface area contributed by atoms with E-state index in [1.54, 1.807) is 4.68 Å². The Morgan fingerprint density at radius 3 is 2.07 bits per heavy atom. The van der Waals surface area contributed by atoms with E-state index in [2.05, 4.69) is 55.3 Å². The van der Waals surface area contributed by atoms with E-state index in [1.165, 1.54) is 0 Å². The van der Waals surface area contributed by atoms with Crippen molar-refractivity contribution in [2.75, 3.05) is 44.7 Å². The van der Waals surface area contributed by atoms with Crippen LogP contribution in [0.1, 0.15) is 45.2 Å². The molecule has 3 aromatic heterocycles. The second kappa shape index (κ2) is 14.3. The second-order valence-electron chi connectivity index (χ2n) is 15.7. The van der Waals surface area contributed by atoms with E-state index in [0.717, 1.165) is 53.2 Å². The number of aromatic nitrogens is 5. The van der Waals surface area contributed by atoms with E-state index in [4.69, 9.17) is 24.3 Å². The van der Waals surface area contributed by atoms with E-state index in [0.29, 0.717) is 39.8 Å². The first-order chi connectivity index (χ1) is 21.0. The summed E-state index contributed by atoms with van der Waals surface area (Å²) in [6.45, 7) is 23.4. The minimum atomic E-state index is -1.24. The van der Waals surface area contributed by atoms with Crippen molar-refractivity contribution in [1.82, 2.24) is 29.3 Å². The van der Waals surface area contributed by atoms with Gasteiger partial charge in [-0.05, 0) is 45.7 Å². The number of piperidine rings is 1. The molecule has 250 valence electrons. The highest BCUT2D eigenvalue weighted by atomic mass is 28.3. The molecule has 3 aromatic rings. The Kier molecular flexibility index (Phi) is 11.2. The Balaban J connectivity index is 1.66. The standard InChI is InChI=1S/C32H55N7O4Si2/c1-32(2,3)43-31(40)37-13-11-25(12-14-37)28-19-29(39-30(35-28)27(21-34-39)26-20-33-36(4)22-26)38(23-41-15-17-44(5,6)7)24-42-16-18-45(8,9)10/h19-22,25H,11-18,23-24H2,1-10H3. The lowest BCUT2D eigenvalue weighted by atomic mass is 9.93. The summed E-state index contributed by atoms with van der Waals surface area (Å²) in [6, 6.07) is 4.33. The molecular formula is C32H55N7O4Si2. The summed E-state index contributed by atoms with van der Waals surface area (Å²) in [5, 5.41) is 9.22. The minimum Gasteiger partial charge on any atom is -0.444 e. The number of ether oxygens (including phenoxy) is 3. The molecule has 0 atom stereocenters. The van der Waals surface area contributed by atoms with Gasteiger partial charge in [0.15, 0.2) is 5.65 Å². The van der Waals surface area contributed by atoms with Crippen LogP contribution in [-0.4, -0.2) is 96.9 Å². The maximum Gasteiger partial charge on any atom is 0.410 e. The van der Waals surface area contributed by atoms with Crippen LogP contribution in [0.25, 0.3) is 16.8 Å². The molecule has 45 heavy (non-hydrogen) atoms. The summed E-state index contributed by atoms with van der Waals surface area (Å²) >= 11 is 0. The zero-order valence-corrected chi connectivity index (χ0v) is 31.2. The molecule has 13 heteroatoms. The predicted molar refractivity (Wildman–Crippen MR) is 185 cm³/mol. The number of amides is 1. The van der Waals surface area contributed by atoms with Crippen LogP contribution in [-0.2, 0) is 21.3 Å². The fraction of sp³-hybridized carbons (Fsp3) is 0.688. The van der Waals surface area contributed by atoms with Crippen molar-refractivity contribution in [2.45, 2.75) is 96.5 Å². The fourth-order valence-electron chi connectivity index (χ4n) is 5.12. The highest BCUT2D eigenvalue weighted by Gasteiger charge is 2.30. The number of likely N-dealkylation sites (tertiary alicyclic amines) is 1. The maximum atomic E-state index is 12.8. The van der Waals surface area contributed by atoms with E-state index in [9.17, 15) is 4.79 Å². The molecule has 0 spiro atoms. The molecule has 11 nitrogen and oxygen atoms in total. The van der Waals surface area contributed by atoms with Gasteiger partial charge in [0.2, 0.25) is 0 Å². The third-order valence-electron chi connectivity index (χ3n) is 7.86. The molecule has 1 fully saturated rings. The number of anilines is 1. The average Bonchev–Trinajstić information content (AvgIpc) is 3.55. The number of hydrogen-bond donors (Lipinski definition) is 0. The van der Waals surface area contributed by atoms with Crippen molar-refractivity contribution in [3.8, 4) is 11.1 Å². The number of fused-ring (bicyclic) bond motifs is 1. The fourth-order valence-corrected chi connectivity index (χ4v) is 6.64. The van der Waals surface area contributed by atoms with Gasteiger partial charge >= 0.3 is 6.09 Å². The van der Waals surface area contributed by atoms with Gasteiger partial charge in [0.1, 0.15) is 24.9 Å². The smallest absolute Gasteiger partial charge is 0.410 e. The summed E-state index contributed by atoms with van der Waals surface area (Å²) in [4.78, 5) is 21.9. The maximum absolute atomic E-state index is 12.8. The number of hydrogen-bond acceptors (Lipinski definition) is 8. The normalized spacial score (nSPS) is 15.2. The van der Waals surface area contributed by atoms with E-state index in [-0.39, 0.29) is 12.0 Å². The molecule has 0 aromatic carbocycles. The molecule has 0 unspecified atom stereocenters. The third kappa shape index (κ3) is 10.4. The largest absolute Gasteiger partial charge is 0.444 e. The van der Waals surface area contributed by atoms with Crippen molar-refractivity contribution in [2.24, 2.45) is 7.05 Å². The summed E-state index contributed by atoms with van der Waals surface area (Å²) in [7, 11) is -0.564. The van der Waals surface area contributed by atoms with Crippen molar-refractivity contribution >= 4 is 33.7 Å². The first kappa shape index (κ1) is 35.1. The van der Waals surface area contributed by atoms with Crippen LogP contribution in [0.15, 0.2) is 24.7 Å². The van der Waals surface area contributed by atoms with Gasteiger partial charge in [-0.1, -0.05) is 39.3 Å². The molecule has 0 N–H and O–H groups in total. The molecule has 0 saturated carbocycles. The van der Waals surface area contributed by atoms with Gasteiger partial charge in [0.05, 0.1) is 12.4 Å². The van der Waals surface area contributed by atoms with Crippen LogP contribution in [0.5, 0.6) is 0 Å². The van der Waals surface area contributed by atoms with Gasteiger partial charge in [-0.3, -0.25) is 4.68 Å². The first-order valence-corrected chi connectivity index (χ1v) is 23.7. The topological polar surface area (TPSA) is 99.3 Å². The van der Waals surface area contributed by atoms with Gasteiger partial charge < -0.3 is 24.0 Å². The summed E-state index contributed by atoms with van der Waals surface area (Å²) in [5.74, 6) is 1.08. The molecule has 0 radical (unpaired) electrons.